The molecule has 0 aliphatic carbocycles. The number of benzene rings is 3. The van der Waals surface area contributed by atoms with Gasteiger partial charge in [0.1, 0.15) is 17.3 Å². The van der Waals surface area contributed by atoms with Crippen LogP contribution in [0.15, 0.2) is 66.7 Å². The zero-order valence-electron chi connectivity index (χ0n) is 14.2. The zero-order chi connectivity index (χ0) is 19.2. The fourth-order valence-corrected chi connectivity index (χ4v) is 3.25. The van der Waals surface area contributed by atoms with E-state index in [2.05, 4.69) is 5.32 Å². The third kappa shape index (κ3) is 5.36. The van der Waals surface area contributed by atoms with E-state index in [9.17, 15) is 0 Å². The number of para-hydroxylation sites is 1. The summed E-state index contributed by atoms with van der Waals surface area (Å²) in [5.41, 5.74) is 2.73. The number of ether oxygens (including phenoxy) is 1. The van der Waals surface area contributed by atoms with E-state index in [-0.39, 0.29) is 0 Å². The van der Waals surface area contributed by atoms with Crippen LogP contribution < -0.4 is 10.1 Å². The van der Waals surface area contributed by atoms with Gasteiger partial charge in [-0.2, -0.15) is 0 Å². The molecule has 0 radical (unpaired) electrons. The summed E-state index contributed by atoms with van der Waals surface area (Å²) >= 11 is 23.8. The number of nitrogens with one attached hydrogen (secondary N) is 1. The highest BCUT2D eigenvalue weighted by molar-refractivity contribution is 7.80. The minimum Gasteiger partial charge on any atom is -0.488 e. The molecule has 3 aromatic rings. The summed E-state index contributed by atoms with van der Waals surface area (Å²) in [6, 6.07) is 20.7. The van der Waals surface area contributed by atoms with Gasteiger partial charge in [0, 0.05) is 11.6 Å². The SMILES string of the molecule is S=C(NCc1ccccc1Cl)c1ccccc1OCc1ccc(Cl)c(Cl)c1. The first-order valence-electron chi connectivity index (χ1n) is 8.22. The van der Waals surface area contributed by atoms with Gasteiger partial charge in [-0.25, -0.2) is 0 Å². The maximum atomic E-state index is 6.20. The Labute approximate surface area is 179 Å². The Morgan fingerprint density at radius 1 is 0.852 bits per heavy atom. The van der Waals surface area contributed by atoms with Gasteiger partial charge < -0.3 is 10.1 Å². The van der Waals surface area contributed by atoms with Crippen molar-refractivity contribution in [1.82, 2.24) is 5.32 Å². The number of halogens is 3. The molecule has 0 spiro atoms. The Morgan fingerprint density at radius 2 is 1.59 bits per heavy atom. The largest absolute Gasteiger partial charge is 0.488 e. The molecule has 3 rings (SSSR count). The van der Waals surface area contributed by atoms with Crippen LogP contribution in [-0.4, -0.2) is 4.99 Å². The molecule has 0 amide bonds. The Kier molecular flexibility index (Phi) is 6.97. The maximum absolute atomic E-state index is 6.20. The van der Waals surface area contributed by atoms with E-state index in [4.69, 9.17) is 51.8 Å². The van der Waals surface area contributed by atoms with E-state index in [1.807, 2.05) is 54.6 Å². The minimum atomic E-state index is 0.362. The molecular formula is C21H16Cl3NOS. The lowest BCUT2D eigenvalue weighted by Gasteiger charge is -2.14. The first-order chi connectivity index (χ1) is 13.0. The summed E-state index contributed by atoms with van der Waals surface area (Å²) < 4.78 is 5.96. The average molecular weight is 437 g/mol. The van der Waals surface area contributed by atoms with Gasteiger partial charge in [-0.1, -0.05) is 83.4 Å². The van der Waals surface area contributed by atoms with Crippen LogP contribution >= 0.6 is 47.0 Å². The summed E-state index contributed by atoms with van der Waals surface area (Å²) in [7, 11) is 0. The Balaban J connectivity index is 1.68. The summed E-state index contributed by atoms with van der Waals surface area (Å²) in [4.78, 5) is 0.597. The second kappa shape index (κ2) is 9.43. The zero-order valence-corrected chi connectivity index (χ0v) is 17.3. The van der Waals surface area contributed by atoms with Gasteiger partial charge in [0.25, 0.3) is 0 Å². The van der Waals surface area contributed by atoms with Gasteiger partial charge in [0.05, 0.1) is 15.6 Å². The average Bonchev–Trinajstić information content (AvgIpc) is 2.68. The fourth-order valence-electron chi connectivity index (χ4n) is 2.48. The van der Waals surface area contributed by atoms with E-state index in [0.717, 1.165) is 16.7 Å². The molecule has 3 aromatic carbocycles. The van der Waals surface area contributed by atoms with E-state index in [1.54, 1.807) is 12.1 Å². The first kappa shape index (κ1) is 20.0. The topological polar surface area (TPSA) is 21.3 Å². The number of hydrogen-bond donors (Lipinski definition) is 1. The van der Waals surface area contributed by atoms with E-state index in [1.165, 1.54) is 0 Å². The summed E-state index contributed by atoms with van der Waals surface area (Å²) in [6.45, 7) is 0.903. The molecule has 27 heavy (non-hydrogen) atoms. The molecule has 0 saturated carbocycles. The molecule has 0 unspecified atom stereocenters. The first-order valence-corrected chi connectivity index (χ1v) is 9.76. The van der Waals surface area contributed by atoms with Crippen LogP contribution in [0.1, 0.15) is 16.7 Å². The summed E-state index contributed by atoms with van der Waals surface area (Å²) in [5.74, 6) is 0.695. The molecule has 2 nitrogen and oxygen atoms in total. The van der Waals surface area contributed by atoms with Crippen molar-refractivity contribution in [3.63, 3.8) is 0 Å². The Hall–Kier alpha value is -1.78. The third-order valence-electron chi connectivity index (χ3n) is 3.91. The van der Waals surface area contributed by atoms with Crippen LogP contribution in [0.3, 0.4) is 0 Å². The molecule has 138 valence electrons. The smallest absolute Gasteiger partial charge is 0.129 e. The van der Waals surface area contributed by atoms with E-state index in [0.29, 0.717) is 39.0 Å². The predicted molar refractivity (Wildman–Crippen MR) is 117 cm³/mol. The molecule has 6 heteroatoms. The van der Waals surface area contributed by atoms with E-state index < -0.39 is 0 Å². The van der Waals surface area contributed by atoms with Crippen LogP contribution in [0.4, 0.5) is 0 Å². The van der Waals surface area contributed by atoms with Crippen molar-refractivity contribution in [2.24, 2.45) is 0 Å². The Morgan fingerprint density at radius 3 is 2.37 bits per heavy atom. The molecule has 0 saturated heterocycles. The third-order valence-corrected chi connectivity index (χ3v) is 5.38. The molecule has 0 fully saturated rings. The van der Waals surface area contributed by atoms with Gasteiger partial charge in [0.15, 0.2) is 0 Å². The molecular weight excluding hydrogens is 421 g/mol. The lowest BCUT2D eigenvalue weighted by molar-refractivity contribution is 0.305. The molecule has 0 aromatic heterocycles. The highest BCUT2D eigenvalue weighted by Crippen LogP contribution is 2.25. The standard InChI is InChI=1S/C21H16Cl3NOS/c22-17-7-3-1-5-15(17)12-25-21(27)16-6-2-4-8-20(16)26-13-14-9-10-18(23)19(24)11-14/h1-11H,12-13H2,(H,25,27). The highest BCUT2D eigenvalue weighted by atomic mass is 35.5. The molecule has 0 aliphatic rings. The lowest BCUT2D eigenvalue weighted by atomic mass is 10.1. The molecule has 0 bridgehead atoms. The van der Waals surface area contributed by atoms with Crippen molar-refractivity contribution >= 4 is 52.0 Å². The highest BCUT2D eigenvalue weighted by Gasteiger charge is 2.10. The molecule has 0 heterocycles. The lowest BCUT2D eigenvalue weighted by Crippen LogP contribution is -2.22. The van der Waals surface area contributed by atoms with Crippen molar-refractivity contribution in [2.45, 2.75) is 13.2 Å². The number of thiocarbonyl (C=S) groups is 1. The van der Waals surface area contributed by atoms with Crippen molar-refractivity contribution in [3.8, 4) is 5.75 Å². The second-order valence-corrected chi connectivity index (χ2v) is 7.44. The van der Waals surface area contributed by atoms with Crippen molar-refractivity contribution in [1.29, 1.82) is 0 Å². The normalized spacial score (nSPS) is 10.5. The fraction of sp³-hybridized carbons (Fsp3) is 0.0952. The second-order valence-electron chi connectivity index (χ2n) is 5.81. The van der Waals surface area contributed by atoms with Gasteiger partial charge >= 0.3 is 0 Å². The Bertz CT molecular complexity index is 962. The van der Waals surface area contributed by atoms with E-state index >= 15 is 0 Å². The van der Waals surface area contributed by atoms with Crippen LogP contribution in [0, 0.1) is 0 Å². The minimum absolute atomic E-state index is 0.362. The maximum Gasteiger partial charge on any atom is 0.129 e. The van der Waals surface area contributed by atoms with Crippen molar-refractivity contribution in [3.05, 3.63) is 98.5 Å². The number of hydrogen-bond acceptors (Lipinski definition) is 2. The molecule has 1 N–H and O–H groups in total. The summed E-state index contributed by atoms with van der Waals surface area (Å²) in [6.07, 6.45) is 0. The van der Waals surface area contributed by atoms with Gasteiger partial charge in [-0.3, -0.25) is 0 Å². The van der Waals surface area contributed by atoms with Gasteiger partial charge in [-0.15, -0.1) is 0 Å². The van der Waals surface area contributed by atoms with Crippen LogP contribution in [-0.2, 0) is 13.2 Å². The predicted octanol–water partition coefficient (Wildman–Crippen LogP) is 6.69. The molecule has 0 aliphatic heterocycles. The quantitative estimate of drug-likeness (QED) is 0.435. The van der Waals surface area contributed by atoms with Crippen molar-refractivity contribution < 1.29 is 4.74 Å². The molecule has 0 atom stereocenters. The van der Waals surface area contributed by atoms with Crippen LogP contribution in [0.25, 0.3) is 0 Å². The monoisotopic (exact) mass is 435 g/mol. The van der Waals surface area contributed by atoms with Gasteiger partial charge in [-0.05, 0) is 41.5 Å². The van der Waals surface area contributed by atoms with Gasteiger partial charge in [0.2, 0.25) is 0 Å². The number of rotatable bonds is 6. The van der Waals surface area contributed by atoms with Crippen LogP contribution in [0.5, 0.6) is 5.75 Å². The van der Waals surface area contributed by atoms with Crippen molar-refractivity contribution in [2.75, 3.05) is 0 Å². The van der Waals surface area contributed by atoms with Crippen LogP contribution in [0.2, 0.25) is 15.1 Å². The summed E-state index contributed by atoms with van der Waals surface area (Å²) in [5, 5.41) is 4.97.